The Labute approximate surface area is 135 Å². The predicted octanol–water partition coefficient (Wildman–Crippen LogP) is 2.97. The summed E-state index contributed by atoms with van der Waals surface area (Å²) in [5.74, 6) is 0. The highest BCUT2D eigenvalue weighted by Crippen LogP contribution is 2.36. The number of rotatable bonds is 3. The van der Waals surface area contributed by atoms with E-state index in [1.165, 1.54) is 37.9 Å². The fraction of sp³-hybridized carbons (Fsp3) is 0.667. The van der Waals surface area contributed by atoms with Crippen molar-refractivity contribution in [3.8, 4) is 0 Å². The van der Waals surface area contributed by atoms with E-state index < -0.39 is 0 Å². The molecule has 3 rings (SSSR count). The lowest BCUT2D eigenvalue weighted by molar-refractivity contribution is 0.00578. The summed E-state index contributed by atoms with van der Waals surface area (Å²) >= 11 is 0. The highest BCUT2D eigenvalue weighted by atomic mass is 16.7. The van der Waals surface area contributed by atoms with Crippen molar-refractivity contribution in [2.45, 2.75) is 64.7 Å². The lowest BCUT2D eigenvalue weighted by atomic mass is 9.79. The molecule has 1 aromatic carbocycles. The van der Waals surface area contributed by atoms with Gasteiger partial charge in [-0.2, -0.15) is 0 Å². The van der Waals surface area contributed by atoms with E-state index in [4.69, 9.17) is 9.31 Å². The SMILES string of the molecule is CC1(C)OB(c2ccc(CN3CCCCC3)cc2)OC1(C)C. The summed E-state index contributed by atoms with van der Waals surface area (Å²) in [7, 11) is -0.256. The average molecular weight is 301 g/mol. The third-order valence-electron chi connectivity index (χ3n) is 5.36. The topological polar surface area (TPSA) is 21.7 Å². The molecule has 0 aliphatic carbocycles. The van der Waals surface area contributed by atoms with Crippen LogP contribution in [0.4, 0.5) is 0 Å². The summed E-state index contributed by atoms with van der Waals surface area (Å²) in [5, 5.41) is 0. The van der Waals surface area contributed by atoms with Gasteiger partial charge in [0.1, 0.15) is 0 Å². The Kier molecular flexibility index (Phi) is 4.37. The minimum absolute atomic E-state index is 0.256. The molecular formula is C18H28BNO2. The third kappa shape index (κ3) is 3.24. The van der Waals surface area contributed by atoms with Gasteiger partial charge in [-0.05, 0) is 64.7 Å². The standard InChI is InChI=1S/C18H28BNO2/c1-17(2)18(3,4)22-19(21-17)16-10-8-15(9-11-16)14-20-12-6-5-7-13-20/h8-11H,5-7,12-14H2,1-4H3. The molecule has 22 heavy (non-hydrogen) atoms. The molecule has 0 aromatic heterocycles. The molecule has 0 radical (unpaired) electrons. The summed E-state index contributed by atoms with van der Waals surface area (Å²) in [4.78, 5) is 2.55. The maximum Gasteiger partial charge on any atom is 0.494 e. The molecule has 0 unspecified atom stereocenters. The van der Waals surface area contributed by atoms with Crippen LogP contribution < -0.4 is 5.46 Å². The molecule has 0 N–H and O–H groups in total. The van der Waals surface area contributed by atoms with Crippen LogP contribution in [0.1, 0.15) is 52.5 Å². The van der Waals surface area contributed by atoms with Gasteiger partial charge in [0.2, 0.25) is 0 Å². The van der Waals surface area contributed by atoms with Crippen molar-refractivity contribution >= 4 is 12.6 Å². The second kappa shape index (κ2) is 5.99. The first kappa shape index (κ1) is 16.0. The normalized spacial score (nSPS) is 24.6. The Hall–Kier alpha value is -0.835. The van der Waals surface area contributed by atoms with Gasteiger partial charge >= 0.3 is 7.12 Å². The summed E-state index contributed by atoms with van der Waals surface area (Å²) in [6.45, 7) is 11.9. The fourth-order valence-corrected chi connectivity index (χ4v) is 3.14. The van der Waals surface area contributed by atoms with Crippen molar-refractivity contribution in [2.24, 2.45) is 0 Å². The molecule has 0 atom stereocenters. The second-order valence-corrected chi connectivity index (χ2v) is 7.67. The molecule has 0 saturated carbocycles. The first-order valence-electron chi connectivity index (χ1n) is 8.54. The van der Waals surface area contributed by atoms with Gasteiger partial charge in [0, 0.05) is 6.54 Å². The van der Waals surface area contributed by atoms with Crippen LogP contribution in [-0.2, 0) is 15.9 Å². The summed E-state index contributed by atoms with van der Waals surface area (Å²) in [6, 6.07) is 8.74. The maximum absolute atomic E-state index is 6.11. The molecule has 4 heteroatoms. The number of nitrogens with zero attached hydrogens (tertiary/aromatic N) is 1. The number of likely N-dealkylation sites (tertiary alicyclic amines) is 1. The summed E-state index contributed by atoms with van der Waals surface area (Å²) in [6.07, 6.45) is 4.06. The molecule has 0 amide bonds. The van der Waals surface area contributed by atoms with Gasteiger partial charge in [-0.15, -0.1) is 0 Å². The van der Waals surface area contributed by atoms with Crippen LogP contribution in [0.2, 0.25) is 0 Å². The first-order valence-corrected chi connectivity index (χ1v) is 8.54. The van der Waals surface area contributed by atoms with E-state index >= 15 is 0 Å². The molecule has 2 fully saturated rings. The Balaban J connectivity index is 1.65. The molecule has 2 aliphatic heterocycles. The number of benzene rings is 1. The minimum Gasteiger partial charge on any atom is -0.399 e. The average Bonchev–Trinajstić information content (AvgIpc) is 2.69. The molecule has 1 aromatic rings. The van der Waals surface area contributed by atoms with E-state index in [-0.39, 0.29) is 18.3 Å². The van der Waals surface area contributed by atoms with E-state index in [0.29, 0.717) is 0 Å². The maximum atomic E-state index is 6.11. The van der Waals surface area contributed by atoms with Crippen molar-refractivity contribution < 1.29 is 9.31 Å². The minimum atomic E-state index is -0.274. The van der Waals surface area contributed by atoms with E-state index in [0.717, 1.165) is 12.0 Å². The predicted molar refractivity (Wildman–Crippen MR) is 91.3 cm³/mol. The first-order chi connectivity index (χ1) is 10.4. The molecule has 2 aliphatic rings. The van der Waals surface area contributed by atoms with Crippen molar-refractivity contribution in [3.63, 3.8) is 0 Å². The molecule has 2 saturated heterocycles. The van der Waals surface area contributed by atoms with Crippen molar-refractivity contribution in [1.82, 2.24) is 4.90 Å². The zero-order valence-corrected chi connectivity index (χ0v) is 14.4. The summed E-state index contributed by atoms with van der Waals surface area (Å²) in [5.41, 5.74) is 1.94. The Morgan fingerprint density at radius 2 is 1.45 bits per heavy atom. The molecule has 2 heterocycles. The van der Waals surface area contributed by atoms with Crippen LogP contribution >= 0.6 is 0 Å². The quantitative estimate of drug-likeness (QED) is 0.801. The van der Waals surface area contributed by atoms with Gasteiger partial charge in [-0.1, -0.05) is 30.7 Å². The highest BCUT2D eigenvalue weighted by Gasteiger charge is 2.51. The summed E-state index contributed by atoms with van der Waals surface area (Å²) < 4.78 is 12.2. The van der Waals surface area contributed by atoms with E-state index in [2.05, 4.69) is 56.9 Å². The van der Waals surface area contributed by atoms with Crippen LogP contribution in [0.5, 0.6) is 0 Å². The fourth-order valence-electron chi connectivity index (χ4n) is 3.14. The Morgan fingerprint density at radius 3 is 2.00 bits per heavy atom. The zero-order valence-electron chi connectivity index (χ0n) is 14.4. The van der Waals surface area contributed by atoms with Gasteiger partial charge in [0.25, 0.3) is 0 Å². The molecule has 3 nitrogen and oxygen atoms in total. The smallest absolute Gasteiger partial charge is 0.399 e. The van der Waals surface area contributed by atoms with Gasteiger partial charge in [-0.25, -0.2) is 0 Å². The monoisotopic (exact) mass is 301 g/mol. The highest BCUT2D eigenvalue weighted by molar-refractivity contribution is 6.62. The van der Waals surface area contributed by atoms with Gasteiger partial charge < -0.3 is 9.31 Å². The second-order valence-electron chi connectivity index (χ2n) is 7.67. The zero-order chi connectivity index (χ0) is 15.8. The van der Waals surface area contributed by atoms with E-state index in [1.807, 2.05) is 0 Å². The number of hydrogen-bond acceptors (Lipinski definition) is 3. The van der Waals surface area contributed by atoms with Crippen LogP contribution in [0.15, 0.2) is 24.3 Å². The van der Waals surface area contributed by atoms with Gasteiger partial charge in [0.05, 0.1) is 11.2 Å². The van der Waals surface area contributed by atoms with Gasteiger partial charge in [-0.3, -0.25) is 4.90 Å². The number of hydrogen-bond donors (Lipinski definition) is 0. The van der Waals surface area contributed by atoms with Crippen molar-refractivity contribution in [1.29, 1.82) is 0 Å². The Bertz CT molecular complexity index is 490. The van der Waals surface area contributed by atoms with Crippen LogP contribution in [-0.4, -0.2) is 36.3 Å². The van der Waals surface area contributed by atoms with Gasteiger partial charge in [0.15, 0.2) is 0 Å². The van der Waals surface area contributed by atoms with Crippen molar-refractivity contribution in [2.75, 3.05) is 13.1 Å². The Morgan fingerprint density at radius 1 is 0.909 bits per heavy atom. The molecule has 120 valence electrons. The largest absolute Gasteiger partial charge is 0.494 e. The number of piperidine rings is 1. The molecule has 0 bridgehead atoms. The van der Waals surface area contributed by atoms with Crippen LogP contribution in [0.3, 0.4) is 0 Å². The van der Waals surface area contributed by atoms with Crippen LogP contribution in [0, 0.1) is 0 Å². The molecule has 0 spiro atoms. The lowest BCUT2D eigenvalue weighted by Crippen LogP contribution is -2.41. The molecular weight excluding hydrogens is 273 g/mol. The van der Waals surface area contributed by atoms with Crippen molar-refractivity contribution in [3.05, 3.63) is 29.8 Å². The lowest BCUT2D eigenvalue weighted by Gasteiger charge is -2.32. The van der Waals surface area contributed by atoms with Crippen LogP contribution in [0.25, 0.3) is 0 Å². The van der Waals surface area contributed by atoms with E-state index in [1.54, 1.807) is 0 Å². The third-order valence-corrected chi connectivity index (χ3v) is 5.36. The van der Waals surface area contributed by atoms with E-state index in [9.17, 15) is 0 Å².